The van der Waals surface area contributed by atoms with E-state index in [4.69, 9.17) is 0 Å². The van der Waals surface area contributed by atoms with Crippen LogP contribution in [0.5, 0.6) is 0 Å². The molecule has 0 unspecified atom stereocenters. The molecule has 2 rings (SSSR count). The van der Waals surface area contributed by atoms with Crippen molar-refractivity contribution < 1.29 is 49.0 Å². The van der Waals surface area contributed by atoms with Crippen LogP contribution in [0.3, 0.4) is 0 Å². The largest absolute Gasteiger partial charge is 1.00 e. The Morgan fingerprint density at radius 2 is 1.95 bits per heavy atom. The van der Waals surface area contributed by atoms with E-state index in [2.05, 4.69) is 61.8 Å². The molecule has 21 heavy (non-hydrogen) atoms. The first-order chi connectivity index (χ1) is 9.13. The molecule has 0 aromatic heterocycles. The molecule has 0 atom stereocenters. The second kappa shape index (κ2) is 18.3. The van der Waals surface area contributed by atoms with E-state index in [1.54, 1.807) is 24.2 Å². The molecule has 0 saturated heterocycles. The summed E-state index contributed by atoms with van der Waals surface area (Å²) in [5.74, 6) is 0. The maximum absolute atomic E-state index is 3.76. The third kappa shape index (κ3) is 16.5. The van der Waals surface area contributed by atoms with Gasteiger partial charge in [0, 0.05) is 0 Å². The second-order valence-corrected chi connectivity index (χ2v) is 5.70. The Bertz CT molecular complexity index is 377. The first-order valence-electron chi connectivity index (χ1n) is 7.03. The Balaban J connectivity index is -0.000000225. The Morgan fingerprint density at radius 1 is 1.29 bits per heavy atom. The van der Waals surface area contributed by atoms with Crippen molar-refractivity contribution in [3.63, 3.8) is 0 Å². The summed E-state index contributed by atoms with van der Waals surface area (Å²) < 4.78 is 2.27. The van der Waals surface area contributed by atoms with Gasteiger partial charge in [-0.3, -0.25) is 6.08 Å². The molecule has 0 bridgehead atoms. The van der Waals surface area contributed by atoms with Gasteiger partial charge in [-0.1, -0.05) is 44.1 Å². The molecule has 2 aliphatic rings. The standard InChI is InChI=1S/2C7H9.C4H8.2ClH.Zr/c1-6-3-4-7(2)5-6;1-2-7-5-3-4-6-7;1-3-4-2;;;/h3H,4H2,1-2H3;3-5H,1-2,6H2;1H,3-4H2,2H3;2*1H;/q2*-1;;;;+2/p-2. The van der Waals surface area contributed by atoms with E-state index in [0.717, 1.165) is 19.3 Å². The number of allylic oxidation sites excluding steroid dienone is 8. The molecule has 0 spiro atoms. The van der Waals surface area contributed by atoms with Crippen molar-refractivity contribution in [1.29, 1.82) is 0 Å². The van der Waals surface area contributed by atoms with Crippen LogP contribution in [0, 0.1) is 13.0 Å². The van der Waals surface area contributed by atoms with Crippen LogP contribution in [0.25, 0.3) is 0 Å². The number of rotatable bonds is 3. The van der Waals surface area contributed by atoms with E-state index in [1.807, 2.05) is 0 Å². The monoisotopic (exact) mass is 402 g/mol. The zero-order chi connectivity index (χ0) is 14.5. The molecule has 3 heteroatoms. The molecule has 2 aliphatic carbocycles. The van der Waals surface area contributed by atoms with Gasteiger partial charge in [0.15, 0.2) is 0 Å². The van der Waals surface area contributed by atoms with Gasteiger partial charge in [0.2, 0.25) is 0 Å². The van der Waals surface area contributed by atoms with E-state index in [-0.39, 0.29) is 24.8 Å². The minimum Gasteiger partial charge on any atom is -1.00 e. The minimum absolute atomic E-state index is 0. The molecule has 118 valence electrons. The SMILES string of the molecule is CC1=[C-]C(C)=CC1.CCC[CH]=[Zr+2].[CH2-]CC1=CC=CC1.[Cl-].[Cl-]. The van der Waals surface area contributed by atoms with Crippen molar-refractivity contribution in [2.45, 2.75) is 52.9 Å². The number of halogens is 2. The maximum atomic E-state index is 3.76. The average Bonchev–Trinajstić information content (AvgIpc) is 3.03. The normalized spacial score (nSPS) is 14.1. The number of unbranched alkanes of at least 4 members (excludes halogenated alkanes) is 1. The minimum atomic E-state index is 0. The van der Waals surface area contributed by atoms with Gasteiger partial charge in [0.05, 0.1) is 0 Å². The fourth-order valence-corrected chi connectivity index (χ4v) is 2.28. The summed E-state index contributed by atoms with van der Waals surface area (Å²) in [5.41, 5.74) is 4.09. The smallest absolute Gasteiger partial charge is 0.0158 e. The number of hydrogen-bond donors (Lipinski definition) is 0. The molecule has 0 fully saturated rings. The van der Waals surface area contributed by atoms with Crippen LogP contribution < -0.4 is 24.8 Å². The van der Waals surface area contributed by atoms with Crippen molar-refractivity contribution in [2.24, 2.45) is 0 Å². The zero-order valence-corrected chi connectivity index (χ0v) is 17.4. The van der Waals surface area contributed by atoms with Gasteiger partial charge in [0.1, 0.15) is 0 Å². The van der Waals surface area contributed by atoms with Crippen molar-refractivity contribution in [2.75, 3.05) is 0 Å². The first-order valence-corrected chi connectivity index (χ1v) is 8.44. The predicted octanol–water partition coefficient (Wildman–Crippen LogP) is -0.674. The van der Waals surface area contributed by atoms with Gasteiger partial charge in [-0.15, -0.1) is 0 Å². The summed E-state index contributed by atoms with van der Waals surface area (Å²) in [7, 11) is 0. The van der Waals surface area contributed by atoms with Gasteiger partial charge >= 0.3 is 47.7 Å². The quantitative estimate of drug-likeness (QED) is 0.548. The molecule has 0 N–H and O–H groups in total. The van der Waals surface area contributed by atoms with E-state index in [1.165, 1.54) is 29.6 Å². The zero-order valence-electron chi connectivity index (χ0n) is 13.4. The summed E-state index contributed by atoms with van der Waals surface area (Å²) in [6, 6.07) is 0. The molecular weight excluding hydrogens is 378 g/mol. The van der Waals surface area contributed by atoms with Gasteiger partial charge in [-0.2, -0.15) is 12.0 Å². The van der Waals surface area contributed by atoms with Crippen molar-refractivity contribution in [1.82, 2.24) is 0 Å². The fourth-order valence-electron chi connectivity index (χ4n) is 1.57. The maximum Gasteiger partial charge on any atom is -0.0158 e. The van der Waals surface area contributed by atoms with Crippen LogP contribution in [-0.4, -0.2) is 3.71 Å². The van der Waals surface area contributed by atoms with E-state index in [0.29, 0.717) is 0 Å². The number of hydrogen-bond acceptors (Lipinski definition) is 0. The van der Waals surface area contributed by atoms with Crippen LogP contribution in [0.15, 0.2) is 41.0 Å². The molecule has 0 saturated carbocycles. The summed E-state index contributed by atoms with van der Waals surface area (Å²) in [6.45, 7) is 10.1. The van der Waals surface area contributed by atoms with Crippen molar-refractivity contribution in [3.8, 4) is 0 Å². The van der Waals surface area contributed by atoms with Crippen LogP contribution in [0.4, 0.5) is 0 Å². The van der Waals surface area contributed by atoms with Gasteiger partial charge in [0.25, 0.3) is 0 Å². The summed E-state index contributed by atoms with van der Waals surface area (Å²) in [5, 5.41) is 0. The van der Waals surface area contributed by atoms with Crippen LogP contribution in [0.2, 0.25) is 0 Å². The third-order valence-electron chi connectivity index (χ3n) is 2.73. The molecule has 0 aliphatic heterocycles. The van der Waals surface area contributed by atoms with Crippen LogP contribution >= 0.6 is 0 Å². The van der Waals surface area contributed by atoms with E-state index in [9.17, 15) is 0 Å². The molecule has 0 nitrogen and oxygen atoms in total. The van der Waals surface area contributed by atoms with Crippen LogP contribution in [-0.2, 0) is 24.2 Å². The van der Waals surface area contributed by atoms with Gasteiger partial charge < -0.3 is 31.7 Å². The topological polar surface area (TPSA) is 0 Å². The Kier molecular flexibility index (Phi) is 22.9. The summed E-state index contributed by atoms with van der Waals surface area (Å²) >= 11 is 1.56. The van der Waals surface area contributed by atoms with Gasteiger partial charge in [-0.25, -0.2) is 11.6 Å². The third-order valence-corrected chi connectivity index (χ3v) is 3.44. The Labute approximate surface area is 159 Å². The fraction of sp³-hybridized carbons (Fsp3) is 0.444. The molecule has 0 amide bonds. The summed E-state index contributed by atoms with van der Waals surface area (Å²) in [6.07, 6.45) is 17.6. The first kappa shape index (κ1) is 26.2. The Morgan fingerprint density at radius 3 is 2.10 bits per heavy atom. The van der Waals surface area contributed by atoms with E-state index < -0.39 is 0 Å². The van der Waals surface area contributed by atoms with Crippen LogP contribution in [0.1, 0.15) is 52.9 Å². The van der Waals surface area contributed by atoms with Crippen molar-refractivity contribution in [3.05, 3.63) is 54.0 Å². The molecular formula is C18H26Cl2Zr-2. The second-order valence-electron chi connectivity index (χ2n) is 4.70. The average molecular weight is 405 g/mol. The molecule has 0 radical (unpaired) electrons. The molecule has 0 aromatic rings. The summed E-state index contributed by atoms with van der Waals surface area (Å²) in [4.78, 5) is 0. The molecule has 0 aromatic carbocycles. The van der Waals surface area contributed by atoms with E-state index >= 15 is 0 Å². The van der Waals surface area contributed by atoms with Gasteiger partial charge in [-0.05, 0) is 6.42 Å². The Hall–Kier alpha value is 0.293. The van der Waals surface area contributed by atoms with Crippen molar-refractivity contribution >= 4 is 3.71 Å². The predicted molar refractivity (Wildman–Crippen MR) is 83.6 cm³/mol. The molecule has 0 heterocycles.